The summed E-state index contributed by atoms with van der Waals surface area (Å²) in [6.07, 6.45) is 5.31. The first-order valence-corrected chi connectivity index (χ1v) is 7.17. The number of rotatable bonds is 5. The third-order valence-corrected chi connectivity index (χ3v) is 3.90. The number of amides is 1. The molecule has 1 aliphatic rings. The lowest BCUT2D eigenvalue weighted by molar-refractivity contribution is -0.122. The van der Waals surface area contributed by atoms with Crippen molar-refractivity contribution in [2.45, 2.75) is 46.0 Å². The van der Waals surface area contributed by atoms with E-state index in [2.05, 4.69) is 32.0 Å². The number of fused-ring (bicyclic) bond motifs is 1. The van der Waals surface area contributed by atoms with Gasteiger partial charge in [-0.2, -0.15) is 0 Å². The van der Waals surface area contributed by atoms with E-state index in [9.17, 15) is 4.79 Å². The van der Waals surface area contributed by atoms with Gasteiger partial charge >= 0.3 is 0 Å². The zero-order chi connectivity index (χ0) is 13.0. The molecule has 0 saturated heterocycles. The lowest BCUT2D eigenvalue weighted by Crippen LogP contribution is -2.34. The van der Waals surface area contributed by atoms with E-state index in [4.69, 9.17) is 0 Å². The highest BCUT2D eigenvalue weighted by Gasteiger charge is 2.28. The molecule has 0 bridgehead atoms. The largest absolute Gasteiger partial charge is 0.312 e. The summed E-state index contributed by atoms with van der Waals surface area (Å²) in [5, 5.41) is 0. The van der Waals surface area contributed by atoms with Crippen molar-refractivity contribution in [3.05, 3.63) is 29.8 Å². The van der Waals surface area contributed by atoms with Crippen LogP contribution in [0.5, 0.6) is 0 Å². The van der Waals surface area contributed by atoms with Crippen LogP contribution in [0.15, 0.2) is 24.3 Å². The van der Waals surface area contributed by atoms with Crippen LogP contribution in [0, 0.1) is 5.92 Å². The third kappa shape index (κ3) is 2.58. The second-order valence-corrected chi connectivity index (χ2v) is 5.12. The number of hydrogen-bond acceptors (Lipinski definition) is 1. The first-order valence-electron chi connectivity index (χ1n) is 7.17. The van der Waals surface area contributed by atoms with E-state index in [1.807, 2.05) is 11.0 Å². The van der Waals surface area contributed by atoms with Gasteiger partial charge in [-0.05, 0) is 30.9 Å². The fraction of sp³-hybridized carbons (Fsp3) is 0.562. The van der Waals surface area contributed by atoms with Gasteiger partial charge in [0.2, 0.25) is 5.91 Å². The van der Waals surface area contributed by atoms with Gasteiger partial charge < -0.3 is 4.90 Å². The fourth-order valence-corrected chi connectivity index (χ4v) is 2.74. The summed E-state index contributed by atoms with van der Waals surface area (Å²) in [4.78, 5) is 14.6. The first kappa shape index (κ1) is 13.1. The number of nitrogens with zero attached hydrogens (tertiary/aromatic N) is 1. The van der Waals surface area contributed by atoms with Crippen molar-refractivity contribution in [1.82, 2.24) is 0 Å². The van der Waals surface area contributed by atoms with Crippen molar-refractivity contribution in [3.8, 4) is 0 Å². The number of para-hydroxylation sites is 1. The number of carbonyl (C=O) groups excluding carboxylic acids is 1. The van der Waals surface area contributed by atoms with Crippen molar-refractivity contribution in [1.29, 1.82) is 0 Å². The second kappa shape index (κ2) is 6.03. The summed E-state index contributed by atoms with van der Waals surface area (Å²) in [5.74, 6) is 0.534. The maximum absolute atomic E-state index is 12.6. The maximum atomic E-state index is 12.6. The van der Waals surface area contributed by atoms with Crippen LogP contribution in [0.1, 0.15) is 45.1 Å². The van der Waals surface area contributed by atoms with Crippen LogP contribution in [0.3, 0.4) is 0 Å². The monoisotopic (exact) mass is 245 g/mol. The van der Waals surface area contributed by atoms with Gasteiger partial charge in [-0.1, -0.05) is 44.9 Å². The van der Waals surface area contributed by atoms with Crippen LogP contribution in [0.4, 0.5) is 5.69 Å². The molecule has 0 radical (unpaired) electrons. The molecule has 1 atom stereocenters. The number of carbonyl (C=O) groups is 1. The Morgan fingerprint density at radius 3 is 2.83 bits per heavy atom. The highest BCUT2D eigenvalue weighted by atomic mass is 16.2. The molecule has 0 aliphatic carbocycles. The minimum absolute atomic E-state index is 0.205. The van der Waals surface area contributed by atoms with Crippen LogP contribution < -0.4 is 4.90 Å². The smallest absolute Gasteiger partial charge is 0.230 e. The minimum atomic E-state index is 0.205. The Hall–Kier alpha value is -1.31. The summed E-state index contributed by atoms with van der Waals surface area (Å²) in [6.45, 7) is 5.17. The first-order chi connectivity index (χ1) is 8.77. The topological polar surface area (TPSA) is 20.3 Å². The lowest BCUT2D eigenvalue weighted by Gasteiger charge is -2.23. The number of hydrogen-bond donors (Lipinski definition) is 0. The Balaban J connectivity index is 2.10. The summed E-state index contributed by atoms with van der Waals surface area (Å²) in [7, 11) is 0. The van der Waals surface area contributed by atoms with Gasteiger partial charge in [-0.3, -0.25) is 4.79 Å². The molecule has 1 amide bonds. The fourth-order valence-electron chi connectivity index (χ4n) is 2.74. The van der Waals surface area contributed by atoms with Gasteiger partial charge in [0.25, 0.3) is 0 Å². The summed E-state index contributed by atoms with van der Waals surface area (Å²) >= 11 is 0. The van der Waals surface area contributed by atoms with Crippen LogP contribution >= 0.6 is 0 Å². The Morgan fingerprint density at radius 2 is 2.11 bits per heavy atom. The van der Waals surface area contributed by atoms with E-state index in [-0.39, 0.29) is 5.92 Å². The quantitative estimate of drug-likeness (QED) is 0.773. The van der Waals surface area contributed by atoms with Gasteiger partial charge in [0.1, 0.15) is 0 Å². The van der Waals surface area contributed by atoms with Gasteiger partial charge in [0, 0.05) is 18.2 Å². The van der Waals surface area contributed by atoms with Crippen molar-refractivity contribution in [3.63, 3.8) is 0 Å². The molecule has 0 fully saturated rings. The highest BCUT2D eigenvalue weighted by molar-refractivity contribution is 5.96. The van der Waals surface area contributed by atoms with Crippen LogP contribution in [-0.4, -0.2) is 12.5 Å². The maximum Gasteiger partial charge on any atom is 0.230 e. The normalized spacial score (nSPS) is 15.6. The number of anilines is 1. The molecule has 0 aromatic heterocycles. The molecule has 2 rings (SSSR count). The number of benzene rings is 1. The Morgan fingerprint density at radius 1 is 1.33 bits per heavy atom. The Kier molecular flexibility index (Phi) is 4.40. The van der Waals surface area contributed by atoms with Crippen molar-refractivity contribution < 1.29 is 4.79 Å². The molecule has 1 aromatic carbocycles. The van der Waals surface area contributed by atoms with E-state index in [1.165, 1.54) is 12.0 Å². The zero-order valence-corrected chi connectivity index (χ0v) is 11.5. The molecule has 18 heavy (non-hydrogen) atoms. The molecule has 2 heteroatoms. The standard InChI is InChI=1S/C16H23NO/c1-3-5-8-13(4-2)16(18)17-12-11-14-9-6-7-10-15(14)17/h6-7,9-10,13H,3-5,8,11-12H2,1-2H3. The molecule has 0 spiro atoms. The molecule has 0 N–H and O–H groups in total. The van der Waals surface area contributed by atoms with Gasteiger partial charge in [-0.15, -0.1) is 0 Å². The average Bonchev–Trinajstić information content (AvgIpc) is 2.83. The van der Waals surface area contributed by atoms with Gasteiger partial charge in [0.05, 0.1) is 0 Å². The van der Waals surface area contributed by atoms with Crippen molar-refractivity contribution in [2.24, 2.45) is 5.92 Å². The van der Waals surface area contributed by atoms with Crippen LogP contribution in [0.25, 0.3) is 0 Å². The highest BCUT2D eigenvalue weighted by Crippen LogP contribution is 2.30. The van der Waals surface area contributed by atoms with Gasteiger partial charge in [0.15, 0.2) is 0 Å². The van der Waals surface area contributed by atoms with Crippen molar-refractivity contribution >= 4 is 11.6 Å². The molecule has 1 unspecified atom stereocenters. The summed E-state index contributed by atoms with van der Waals surface area (Å²) < 4.78 is 0. The van der Waals surface area contributed by atoms with Crippen LogP contribution in [-0.2, 0) is 11.2 Å². The molecule has 1 aromatic rings. The molecule has 1 aliphatic heterocycles. The Bertz CT molecular complexity index is 413. The summed E-state index contributed by atoms with van der Waals surface area (Å²) in [5.41, 5.74) is 2.45. The van der Waals surface area contributed by atoms with Crippen molar-refractivity contribution in [2.75, 3.05) is 11.4 Å². The van der Waals surface area contributed by atoms with E-state index in [0.717, 1.165) is 37.9 Å². The molecule has 0 saturated carbocycles. The predicted octanol–water partition coefficient (Wildman–Crippen LogP) is 3.79. The SMILES string of the molecule is CCCCC(CC)C(=O)N1CCc2ccccc21. The molecule has 2 nitrogen and oxygen atoms in total. The average molecular weight is 245 g/mol. The van der Waals surface area contributed by atoms with E-state index in [1.54, 1.807) is 0 Å². The summed E-state index contributed by atoms with van der Waals surface area (Å²) in [6, 6.07) is 8.29. The van der Waals surface area contributed by atoms with E-state index >= 15 is 0 Å². The van der Waals surface area contributed by atoms with E-state index in [0.29, 0.717) is 5.91 Å². The lowest BCUT2D eigenvalue weighted by atomic mass is 9.97. The molecular formula is C16H23NO. The Labute approximate surface area is 110 Å². The second-order valence-electron chi connectivity index (χ2n) is 5.12. The van der Waals surface area contributed by atoms with E-state index < -0.39 is 0 Å². The molecule has 1 heterocycles. The minimum Gasteiger partial charge on any atom is -0.312 e. The predicted molar refractivity (Wildman–Crippen MR) is 75.8 cm³/mol. The van der Waals surface area contributed by atoms with Gasteiger partial charge in [-0.25, -0.2) is 0 Å². The number of unbranched alkanes of at least 4 members (excludes halogenated alkanes) is 1. The molecular weight excluding hydrogens is 222 g/mol. The zero-order valence-electron chi connectivity index (χ0n) is 11.5. The third-order valence-electron chi connectivity index (χ3n) is 3.90. The molecule has 98 valence electrons. The van der Waals surface area contributed by atoms with Crippen LogP contribution in [0.2, 0.25) is 0 Å².